The van der Waals surface area contributed by atoms with E-state index in [0.29, 0.717) is 38.9 Å². The van der Waals surface area contributed by atoms with E-state index in [0.717, 1.165) is 25.7 Å². The quantitative estimate of drug-likeness (QED) is 0.118. The monoisotopic (exact) mass is 653 g/mol. The van der Waals surface area contributed by atoms with E-state index in [1.807, 2.05) is 0 Å². The Morgan fingerprint density at radius 2 is 0.804 bits per heavy atom. The number of unbranched alkanes of at least 4 members (excludes halogenated alkanes) is 10. The zero-order valence-electron chi connectivity index (χ0n) is 31.5. The average molecular weight is 653 g/mol. The number of hydrogen-bond acceptors (Lipinski definition) is 6. The maximum absolute atomic E-state index is 13.1. The van der Waals surface area contributed by atoms with Crippen molar-refractivity contribution in [1.29, 1.82) is 0 Å². The molecule has 46 heavy (non-hydrogen) atoms. The maximum Gasteiger partial charge on any atom is 0.307 e. The summed E-state index contributed by atoms with van der Waals surface area (Å²) in [4.78, 5) is 39.1. The van der Waals surface area contributed by atoms with Crippen LogP contribution in [0.1, 0.15) is 172 Å². The zero-order valence-corrected chi connectivity index (χ0v) is 31.5. The number of rotatable bonds is 21. The highest BCUT2D eigenvalue weighted by molar-refractivity contribution is 5.80. The van der Waals surface area contributed by atoms with Crippen LogP contribution >= 0.6 is 0 Å². The summed E-state index contributed by atoms with van der Waals surface area (Å²) in [5.74, 6) is -4.53. The van der Waals surface area contributed by atoms with Crippen LogP contribution in [0.5, 0.6) is 0 Å². The van der Waals surface area contributed by atoms with Gasteiger partial charge in [-0.3, -0.25) is 19.3 Å². The minimum atomic E-state index is -0.997. The molecule has 0 aliphatic carbocycles. The van der Waals surface area contributed by atoms with E-state index in [9.17, 15) is 19.8 Å². The van der Waals surface area contributed by atoms with Gasteiger partial charge in [-0.1, -0.05) is 78.1 Å². The molecule has 2 fully saturated rings. The standard InChI is InChI=1S/C38H72N2O6/c1-11-13-15-17-19-21-23-45-39-35(3,4)25-29(26-36(39,5)6)31(33(41)42)32(34(43)44)30-27-37(7,8)40(38(9,10)28-30)46-24-22-20-18-16-14-12-2/h29-32H,11-28H2,1-10H3,(H,41,42)(H,43,44). The van der Waals surface area contributed by atoms with Gasteiger partial charge in [0.25, 0.3) is 0 Å². The van der Waals surface area contributed by atoms with Crippen molar-refractivity contribution in [2.75, 3.05) is 13.2 Å². The molecule has 0 aromatic carbocycles. The number of piperidine rings is 2. The van der Waals surface area contributed by atoms with Crippen LogP contribution in [0.4, 0.5) is 0 Å². The third-order valence-electron chi connectivity index (χ3n) is 10.7. The lowest BCUT2D eigenvalue weighted by Gasteiger charge is -2.57. The van der Waals surface area contributed by atoms with Gasteiger partial charge in [0, 0.05) is 22.2 Å². The number of carboxylic acids is 2. The van der Waals surface area contributed by atoms with E-state index >= 15 is 0 Å². The van der Waals surface area contributed by atoms with Crippen molar-refractivity contribution >= 4 is 11.9 Å². The molecule has 0 aromatic heterocycles. The Morgan fingerprint density at radius 3 is 1.07 bits per heavy atom. The summed E-state index contributed by atoms with van der Waals surface area (Å²) in [7, 11) is 0. The normalized spacial score (nSPS) is 23.3. The van der Waals surface area contributed by atoms with Gasteiger partial charge >= 0.3 is 11.9 Å². The summed E-state index contributed by atoms with van der Waals surface area (Å²) in [6.07, 6.45) is 16.6. The van der Waals surface area contributed by atoms with Crippen LogP contribution in [0.2, 0.25) is 0 Å². The van der Waals surface area contributed by atoms with Crippen molar-refractivity contribution in [2.24, 2.45) is 23.7 Å². The molecule has 2 aliphatic rings. The largest absolute Gasteiger partial charge is 0.481 e. The van der Waals surface area contributed by atoms with Gasteiger partial charge in [0.15, 0.2) is 0 Å². The number of carboxylic acid groups (broad SMARTS) is 2. The van der Waals surface area contributed by atoms with Gasteiger partial charge in [0.05, 0.1) is 25.0 Å². The van der Waals surface area contributed by atoms with Crippen LogP contribution < -0.4 is 0 Å². The fourth-order valence-corrected chi connectivity index (χ4v) is 9.26. The molecule has 0 bridgehead atoms. The van der Waals surface area contributed by atoms with Crippen molar-refractivity contribution in [2.45, 2.75) is 194 Å². The van der Waals surface area contributed by atoms with Gasteiger partial charge in [-0.25, -0.2) is 0 Å². The zero-order chi connectivity index (χ0) is 34.8. The van der Waals surface area contributed by atoms with Crippen molar-refractivity contribution < 1.29 is 29.5 Å². The molecule has 2 heterocycles. The van der Waals surface area contributed by atoms with E-state index < -0.39 is 45.9 Å². The number of aliphatic carboxylic acids is 2. The van der Waals surface area contributed by atoms with E-state index in [-0.39, 0.29) is 11.8 Å². The van der Waals surface area contributed by atoms with Gasteiger partial charge < -0.3 is 10.2 Å². The Balaban J connectivity index is 2.18. The molecule has 2 saturated heterocycles. The smallest absolute Gasteiger partial charge is 0.307 e. The summed E-state index contributed by atoms with van der Waals surface area (Å²) in [6.45, 7) is 22.7. The van der Waals surface area contributed by atoms with Crippen molar-refractivity contribution in [3.8, 4) is 0 Å². The predicted octanol–water partition coefficient (Wildman–Crippen LogP) is 9.51. The lowest BCUT2D eigenvalue weighted by atomic mass is 9.61. The van der Waals surface area contributed by atoms with Crippen LogP contribution in [-0.2, 0) is 19.3 Å². The van der Waals surface area contributed by atoms with Gasteiger partial charge in [-0.05, 0) is 106 Å². The highest BCUT2D eigenvalue weighted by Gasteiger charge is 2.56. The third-order valence-corrected chi connectivity index (χ3v) is 10.7. The van der Waals surface area contributed by atoms with Gasteiger partial charge in [0.1, 0.15) is 0 Å². The average Bonchev–Trinajstić information content (AvgIpc) is 2.91. The van der Waals surface area contributed by atoms with Gasteiger partial charge in [-0.2, -0.15) is 10.1 Å². The second-order valence-corrected chi connectivity index (χ2v) is 17.1. The highest BCUT2D eigenvalue weighted by atomic mass is 16.7. The first-order valence-corrected chi connectivity index (χ1v) is 18.7. The van der Waals surface area contributed by atoms with E-state index in [4.69, 9.17) is 9.68 Å². The molecule has 2 aliphatic heterocycles. The minimum absolute atomic E-state index is 0.286. The molecule has 2 atom stereocenters. The van der Waals surface area contributed by atoms with E-state index in [1.54, 1.807) is 0 Å². The molecule has 2 unspecified atom stereocenters. The topological polar surface area (TPSA) is 99.5 Å². The molecular weight excluding hydrogens is 580 g/mol. The van der Waals surface area contributed by atoms with E-state index in [2.05, 4.69) is 79.4 Å². The first kappa shape index (κ1) is 41.0. The fourth-order valence-electron chi connectivity index (χ4n) is 9.26. The SMILES string of the molecule is CCCCCCCCON1C(C)(C)CC(C(C(=O)O)C(C(=O)O)C2CC(C)(C)N(OCCCCCCCC)C(C)(C)C2)CC1(C)C. The van der Waals surface area contributed by atoms with Crippen LogP contribution in [0.15, 0.2) is 0 Å². The third kappa shape index (κ3) is 11.4. The maximum atomic E-state index is 13.1. The summed E-state index contributed by atoms with van der Waals surface area (Å²) in [5, 5.41) is 25.6. The first-order valence-electron chi connectivity index (χ1n) is 18.7. The minimum Gasteiger partial charge on any atom is -0.481 e. The summed E-state index contributed by atoms with van der Waals surface area (Å²) >= 11 is 0. The molecule has 8 nitrogen and oxygen atoms in total. The Hall–Kier alpha value is -1.22. The van der Waals surface area contributed by atoms with Crippen LogP contribution in [0.25, 0.3) is 0 Å². The van der Waals surface area contributed by atoms with Gasteiger partial charge in [-0.15, -0.1) is 0 Å². The number of carbonyl (C=O) groups is 2. The van der Waals surface area contributed by atoms with Crippen molar-refractivity contribution in [3.63, 3.8) is 0 Å². The molecule has 0 saturated carbocycles. The predicted molar refractivity (Wildman–Crippen MR) is 186 cm³/mol. The second kappa shape index (κ2) is 18.0. The number of hydroxylamine groups is 4. The Bertz CT molecular complexity index is 822. The number of nitrogens with zero attached hydrogens (tertiary/aromatic N) is 2. The van der Waals surface area contributed by atoms with Crippen LogP contribution in [-0.4, -0.2) is 67.6 Å². The second-order valence-electron chi connectivity index (χ2n) is 17.1. The molecule has 2 N–H and O–H groups in total. The van der Waals surface area contributed by atoms with Crippen molar-refractivity contribution in [1.82, 2.24) is 10.1 Å². The molecule has 0 aromatic rings. The number of hydrogen-bond donors (Lipinski definition) is 2. The molecule has 270 valence electrons. The molecule has 0 spiro atoms. The summed E-state index contributed by atoms with van der Waals surface area (Å²) in [5.41, 5.74) is -1.73. The summed E-state index contributed by atoms with van der Waals surface area (Å²) < 4.78 is 0. The summed E-state index contributed by atoms with van der Waals surface area (Å²) in [6, 6.07) is 0. The van der Waals surface area contributed by atoms with E-state index in [1.165, 1.54) is 51.4 Å². The molecular formula is C38H72N2O6. The Morgan fingerprint density at radius 1 is 0.543 bits per heavy atom. The molecule has 0 amide bonds. The van der Waals surface area contributed by atoms with Crippen LogP contribution in [0, 0.1) is 23.7 Å². The first-order chi connectivity index (χ1) is 21.4. The highest BCUT2D eigenvalue weighted by Crippen LogP contribution is 2.51. The fraction of sp³-hybridized carbons (Fsp3) is 0.947. The Kier molecular flexibility index (Phi) is 16.0. The lowest BCUT2D eigenvalue weighted by Crippen LogP contribution is -2.64. The Labute approximate surface area is 282 Å². The molecule has 8 heteroatoms. The van der Waals surface area contributed by atoms with Crippen molar-refractivity contribution in [3.05, 3.63) is 0 Å². The van der Waals surface area contributed by atoms with Crippen LogP contribution in [0.3, 0.4) is 0 Å². The lowest BCUT2D eigenvalue weighted by molar-refractivity contribution is -0.296. The molecule has 2 rings (SSSR count). The molecule has 0 radical (unpaired) electrons. The van der Waals surface area contributed by atoms with Gasteiger partial charge in [0.2, 0.25) is 0 Å².